The summed E-state index contributed by atoms with van der Waals surface area (Å²) in [5.74, 6) is 0. The fourth-order valence-electron chi connectivity index (χ4n) is 2.04. The first kappa shape index (κ1) is 12.8. The molecule has 0 saturated carbocycles. The van der Waals surface area contributed by atoms with Crippen LogP contribution in [0.3, 0.4) is 0 Å². The lowest BCUT2D eigenvalue weighted by molar-refractivity contribution is 0.793. The maximum atomic E-state index is 6.24. The van der Waals surface area contributed by atoms with E-state index in [0.29, 0.717) is 0 Å². The van der Waals surface area contributed by atoms with E-state index in [1.807, 2.05) is 12.1 Å². The Hall–Kier alpha value is -1.67. The predicted octanol–water partition coefficient (Wildman–Crippen LogP) is 3.47. The topological polar surface area (TPSA) is 38.9 Å². The normalized spacial score (nSPS) is 12.3. The third-order valence-corrected chi connectivity index (χ3v) is 3.22. The van der Waals surface area contributed by atoms with Gasteiger partial charge < -0.3 is 5.73 Å². The first-order chi connectivity index (χ1) is 8.81. The van der Waals surface area contributed by atoms with Crippen LogP contribution in [0, 0.1) is 0 Å². The molecule has 0 radical (unpaired) electrons. The van der Waals surface area contributed by atoms with E-state index < -0.39 is 0 Å². The van der Waals surface area contributed by atoms with Crippen molar-refractivity contribution >= 4 is 0 Å². The number of unbranched alkanes of at least 4 members (excludes halogenated alkanes) is 1. The van der Waals surface area contributed by atoms with Crippen molar-refractivity contribution in [2.45, 2.75) is 32.2 Å². The number of hydrogen-bond acceptors (Lipinski definition) is 2. The molecule has 0 aliphatic rings. The highest BCUT2D eigenvalue weighted by molar-refractivity contribution is 5.32. The van der Waals surface area contributed by atoms with Gasteiger partial charge in [0.15, 0.2) is 0 Å². The Morgan fingerprint density at radius 1 is 1.00 bits per heavy atom. The standard InChI is InChI=1S/C16H20N2/c1-2-3-4-13-5-7-14(8-6-13)16(17)15-9-11-18-12-10-15/h5-12,16H,2-4,17H2,1H3. The van der Waals surface area contributed by atoms with Crippen molar-refractivity contribution in [1.82, 2.24) is 4.98 Å². The number of nitrogens with two attached hydrogens (primary N) is 1. The second-order valence-electron chi connectivity index (χ2n) is 4.60. The summed E-state index contributed by atoms with van der Waals surface area (Å²) in [5.41, 5.74) is 9.89. The molecule has 1 aromatic heterocycles. The molecular formula is C16H20N2. The Labute approximate surface area is 109 Å². The average Bonchev–Trinajstić information content (AvgIpc) is 2.46. The molecule has 1 heterocycles. The van der Waals surface area contributed by atoms with E-state index in [9.17, 15) is 0 Å². The zero-order valence-electron chi connectivity index (χ0n) is 10.8. The van der Waals surface area contributed by atoms with Crippen LogP contribution in [0.5, 0.6) is 0 Å². The summed E-state index contributed by atoms with van der Waals surface area (Å²) >= 11 is 0. The molecule has 0 amide bonds. The zero-order valence-corrected chi connectivity index (χ0v) is 10.8. The minimum Gasteiger partial charge on any atom is -0.320 e. The molecule has 0 fully saturated rings. The number of rotatable bonds is 5. The van der Waals surface area contributed by atoms with E-state index in [-0.39, 0.29) is 6.04 Å². The minimum atomic E-state index is -0.0618. The Kier molecular flexibility index (Phi) is 4.48. The quantitative estimate of drug-likeness (QED) is 0.869. The summed E-state index contributed by atoms with van der Waals surface area (Å²) < 4.78 is 0. The second-order valence-corrected chi connectivity index (χ2v) is 4.60. The SMILES string of the molecule is CCCCc1ccc(C(N)c2ccncc2)cc1. The highest BCUT2D eigenvalue weighted by Crippen LogP contribution is 2.19. The predicted molar refractivity (Wildman–Crippen MR) is 75.3 cm³/mol. The summed E-state index contributed by atoms with van der Waals surface area (Å²) in [6, 6.07) is 12.5. The number of aryl methyl sites for hydroxylation is 1. The van der Waals surface area contributed by atoms with E-state index in [1.54, 1.807) is 12.4 Å². The van der Waals surface area contributed by atoms with Crippen molar-refractivity contribution in [1.29, 1.82) is 0 Å². The molecule has 0 bridgehead atoms. The van der Waals surface area contributed by atoms with Crippen LogP contribution in [0.2, 0.25) is 0 Å². The average molecular weight is 240 g/mol. The molecule has 94 valence electrons. The van der Waals surface area contributed by atoms with Gasteiger partial charge in [-0.25, -0.2) is 0 Å². The molecule has 2 rings (SSSR count). The smallest absolute Gasteiger partial charge is 0.0552 e. The summed E-state index contributed by atoms with van der Waals surface area (Å²) in [5, 5.41) is 0. The van der Waals surface area contributed by atoms with Crippen LogP contribution < -0.4 is 5.73 Å². The lowest BCUT2D eigenvalue weighted by Crippen LogP contribution is -2.11. The summed E-state index contributed by atoms with van der Waals surface area (Å²) in [4.78, 5) is 4.01. The van der Waals surface area contributed by atoms with Gasteiger partial charge in [0.25, 0.3) is 0 Å². The van der Waals surface area contributed by atoms with Crippen LogP contribution in [0.15, 0.2) is 48.8 Å². The number of hydrogen-bond donors (Lipinski definition) is 1. The van der Waals surface area contributed by atoms with Gasteiger partial charge in [-0.15, -0.1) is 0 Å². The molecule has 2 nitrogen and oxygen atoms in total. The van der Waals surface area contributed by atoms with Crippen molar-refractivity contribution < 1.29 is 0 Å². The summed E-state index contributed by atoms with van der Waals surface area (Å²) in [7, 11) is 0. The van der Waals surface area contributed by atoms with Crippen LogP contribution in [0.1, 0.15) is 42.5 Å². The first-order valence-corrected chi connectivity index (χ1v) is 6.55. The largest absolute Gasteiger partial charge is 0.320 e. The van der Waals surface area contributed by atoms with Crippen LogP contribution in [0.25, 0.3) is 0 Å². The van der Waals surface area contributed by atoms with Gasteiger partial charge in [-0.3, -0.25) is 4.98 Å². The molecule has 1 atom stereocenters. The lowest BCUT2D eigenvalue weighted by Gasteiger charge is -2.12. The highest BCUT2D eigenvalue weighted by Gasteiger charge is 2.07. The molecule has 0 spiro atoms. The molecule has 0 saturated heterocycles. The summed E-state index contributed by atoms with van der Waals surface area (Å²) in [6.07, 6.45) is 7.20. The van der Waals surface area contributed by atoms with Crippen molar-refractivity contribution in [2.24, 2.45) is 5.73 Å². The third-order valence-electron chi connectivity index (χ3n) is 3.22. The number of aromatic nitrogens is 1. The molecule has 0 aliphatic carbocycles. The molecule has 2 aromatic rings. The maximum Gasteiger partial charge on any atom is 0.0552 e. The minimum absolute atomic E-state index is 0.0618. The third kappa shape index (κ3) is 3.17. The summed E-state index contributed by atoms with van der Waals surface area (Å²) in [6.45, 7) is 2.22. The van der Waals surface area contributed by atoms with Crippen LogP contribution >= 0.6 is 0 Å². The van der Waals surface area contributed by atoms with E-state index in [1.165, 1.54) is 18.4 Å². The van der Waals surface area contributed by atoms with Crippen molar-refractivity contribution in [3.8, 4) is 0 Å². The number of benzene rings is 1. The second kappa shape index (κ2) is 6.31. The fraction of sp³-hybridized carbons (Fsp3) is 0.312. The van der Waals surface area contributed by atoms with Crippen LogP contribution in [-0.2, 0) is 6.42 Å². The Bertz CT molecular complexity index is 462. The zero-order chi connectivity index (χ0) is 12.8. The first-order valence-electron chi connectivity index (χ1n) is 6.55. The van der Waals surface area contributed by atoms with Crippen LogP contribution in [0.4, 0.5) is 0 Å². The Balaban J connectivity index is 2.09. The van der Waals surface area contributed by atoms with Gasteiger partial charge in [0.1, 0.15) is 0 Å². The molecule has 1 aromatic carbocycles. The molecule has 0 aliphatic heterocycles. The molecular weight excluding hydrogens is 220 g/mol. The molecule has 18 heavy (non-hydrogen) atoms. The monoisotopic (exact) mass is 240 g/mol. The van der Waals surface area contributed by atoms with E-state index in [2.05, 4.69) is 36.2 Å². The molecule has 2 N–H and O–H groups in total. The lowest BCUT2D eigenvalue weighted by atomic mass is 9.98. The van der Waals surface area contributed by atoms with Gasteiger partial charge in [0.05, 0.1) is 6.04 Å². The van der Waals surface area contributed by atoms with Gasteiger partial charge in [0, 0.05) is 12.4 Å². The van der Waals surface area contributed by atoms with E-state index in [4.69, 9.17) is 5.73 Å². The van der Waals surface area contributed by atoms with E-state index in [0.717, 1.165) is 17.5 Å². The van der Waals surface area contributed by atoms with Crippen molar-refractivity contribution in [2.75, 3.05) is 0 Å². The van der Waals surface area contributed by atoms with Crippen molar-refractivity contribution in [3.63, 3.8) is 0 Å². The van der Waals surface area contributed by atoms with Gasteiger partial charge in [-0.05, 0) is 41.7 Å². The van der Waals surface area contributed by atoms with Gasteiger partial charge in [0.2, 0.25) is 0 Å². The molecule has 2 heteroatoms. The Morgan fingerprint density at radius 2 is 1.61 bits per heavy atom. The number of pyridine rings is 1. The van der Waals surface area contributed by atoms with Gasteiger partial charge >= 0.3 is 0 Å². The highest BCUT2D eigenvalue weighted by atomic mass is 14.7. The van der Waals surface area contributed by atoms with E-state index >= 15 is 0 Å². The van der Waals surface area contributed by atoms with Gasteiger partial charge in [-0.2, -0.15) is 0 Å². The van der Waals surface area contributed by atoms with Crippen molar-refractivity contribution in [3.05, 3.63) is 65.5 Å². The van der Waals surface area contributed by atoms with Gasteiger partial charge in [-0.1, -0.05) is 37.6 Å². The number of nitrogens with zero attached hydrogens (tertiary/aromatic N) is 1. The Morgan fingerprint density at radius 3 is 2.22 bits per heavy atom. The fourth-order valence-corrected chi connectivity index (χ4v) is 2.04. The van der Waals surface area contributed by atoms with Crippen LogP contribution in [-0.4, -0.2) is 4.98 Å². The molecule has 1 unspecified atom stereocenters. The maximum absolute atomic E-state index is 6.24.